The molecule has 9 aromatic carbocycles. The molecular weight excluding hydrogens is 651 g/mol. The molecular formula is C53H39N. The molecule has 0 radical (unpaired) electrons. The monoisotopic (exact) mass is 689 g/mol. The van der Waals surface area contributed by atoms with Gasteiger partial charge in [0.15, 0.2) is 0 Å². The van der Waals surface area contributed by atoms with E-state index >= 15 is 0 Å². The summed E-state index contributed by atoms with van der Waals surface area (Å²) in [5.74, 6) is 0. The minimum atomic E-state index is -0.0976. The Balaban J connectivity index is 1.10. The summed E-state index contributed by atoms with van der Waals surface area (Å²) in [6.45, 7) is 4.71. The van der Waals surface area contributed by atoms with E-state index in [0.717, 1.165) is 17.1 Å². The van der Waals surface area contributed by atoms with Crippen LogP contribution in [0.3, 0.4) is 0 Å². The predicted octanol–water partition coefficient (Wildman–Crippen LogP) is 14.8. The predicted molar refractivity (Wildman–Crippen MR) is 230 cm³/mol. The molecule has 1 aliphatic rings. The highest BCUT2D eigenvalue weighted by Gasteiger charge is 2.35. The molecule has 0 bridgehead atoms. The van der Waals surface area contributed by atoms with Crippen molar-refractivity contribution in [2.45, 2.75) is 19.3 Å². The molecule has 54 heavy (non-hydrogen) atoms. The van der Waals surface area contributed by atoms with Crippen molar-refractivity contribution in [2.75, 3.05) is 4.90 Å². The molecule has 0 atom stereocenters. The average molecular weight is 690 g/mol. The van der Waals surface area contributed by atoms with Crippen LogP contribution in [0.2, 0.25) is 0 Å². The van der Waals surface area contributed by atoms with Crippen molar-refractivity contribution in [3.63, 3.8) is 0 Å². The summed E-state index contributed by atoms with van der Waals surface area (Å²) in [5, 5.41) is 5.10. The van der Waals surface area contributed by atoms with Gasteiger partial charge in [-0.05, 0) is 120 Å². The van der Waals surface area contributed by atoms with E-state index in [9.17, 15) is 0 Å². The largest absolute Gasteiger partial charge is 0.310 e. The number of fused-ring (bicyclic) bond motifs is 6. The van der Waals surface area contributed by atoms with Crippen LogP contribution in [0.5, 0.6) is 0 Å². The zero-order valence-corrected chi connectivity index (χ0v) is 30.5. The lowest BCUT2D eigenvalue weighted by Crippen LogP contribution is -2.16. The average Bonchev–Trinajstić information content (AvgIpc) is 3.47. The molecule has 1 heteroatoms. The quantitative estimate of drug-likeness (QED) is 0.157. The zero-order chi connectivity index (χ0) is 36.2. The molecule has 0 fully saturated rings. The van der Waals surface area contributed by atoms with Crippen LogP contribution in [-0.4, -0.2) is 0 Å². The second-order valence-electron chi connectivity index (χ2n) is 14.9. The second kappa shape index (κ2) is 12.8. The van der Waals surface area contributed by atoms with E-state index in [1.807, 2.05) is 0 Å². The van der Waals surface area contributed by atoms with E-state index in [1.165, 1.54) is 77.2 Å². The van der Waals surface area contributed by atoms with Crippen LogP contribution in [0.15, 0.2) is 200 Å². The SMILES string of the molecule is CC1(C)c2ccccc2-c2ccc(N(c3ccc(-c4ccccc4-c4ccccc4)cc3)c3ccc(-c4cc5ccccc5c5ccccc45)cc3)cc21. The molecule has 1 nitrogen and oxygen atoms in total. The van der Waals surface area contributed by atoms with Gasteiger partial charge in [-0.25, -0.2) is 0 Å². The third-order valence-corrected chi connectivity index (χ3v) is 11.5. The van der Waals surface area contributed by atoms with E-state index < -0.39 is 0 Å². The van der Waals surface area contributed by atoms with Gasteiger partial charge >= 0.3 is 0 Å². The Morgan fingerprint density at radius 1 is 0.315 bits per heavy atom. The van der Waals surface area contributed by atoms with Crippen LogP contribution in [0, 0.1) is 0 Å². The Labute approximate surface area is 317 Å². The van der Waals surface area contributed by atoms with E-state index in [1.54, 1.807) is 0 Å². The maximum Gasteiger partial charge on any atom is 0.0465 e. The van der Waals surface area contributed by atoms with Crippen molar-refractivity contribution in [2.24, 2.45) is 0 Å². The molecule has 0 unspecified atom stereocenters. The van der Waals surface area contributed by atoms with Gasteiger partial charge in [0.25, 0.3) is 0 Å². The first-order valence-corrected chi connectivity index (χ1v) is 18.8. The molecule has 256 valence electrons. The molecule has 0 N–H and O–H groups in total. The molecule has 0 saturated heterocycles. The minimum Gasteiger partial charge on any atom is -0.310 e. The van der Waals surface area contributed by atoms with Crippen LogP contribution in [0.4, 0.5) is 17.1 Å². The number of hydrogen-bond donors (Lipinski definition) is 0. The van der Waals surface area contributed by atoms with Crippen LogP contribution in [-0.2, 0) is 5.41 Å². The minimum absolute atomic E-state index is 0.0976. The summed E-state index contributed by atoms with van der Waals surface area (Å²) in [5.41, 5.74) is 16.0. The number of rotatable bonds is 6. The molecule has 1 aliphatic carbocycles. The van der Waals surface area contributed by atoms with E-state index in [0.29, 0.717) is 0 Å². The van der Waals surface area contributed by atoms with E-state index in [4.69, 9.17) is 0 Å². The summed E-state index contributed by atoms with van der Waals surface area (Å²) in [7, 11) is 0. The summed E-state index contributed by atoms with van der Waals surface area (Å²) in [6, 6.07) is 73.3. The van der Waals surface area contributed by atoms with Crippen LogP contribution >= 0.6 is 0 Å². The van der Waals surface area contributed by atoms with Gasteiger partial charge < -0.3 is 4.90 Å². The first-order chi connectivity index (χ1) is 26.5. The molecule has 9 aromatic rings. The molecule has 0 heterocycles. The summed E-state index contributed by atoms with van der Waals surface area (Å²) in [6.07, 6.45) is 0. The second-order valence-corrected chi connectivity index (χ2v) is 14.9. The fraction of sp³-hybridized carbons (Fsp3) is 0.0566. The zero-order valence-electron chi connectivity index (χ0n) is 30.5. The van der Waals surface area contributed by atoms with Crippen molar-refractivity contribution in [3.8, 4) is 44.5 Å². The topological polar surface area (TPSA) is 3.24 Å². The van der Waals surface area contributed by atoms with E-state index in [2.05, 4.69) is 219 Å². The summed E-state index contributed by atoms with van der Waals surface area (Å²) in [4.78, 5) is 2.41. The van der Waals surface area contributed by atoms with Gasteiger partial charge in [0.1, 0.15) is 0 Å². The molecule has 0 saturated carbocycles. The Hall–Kier alpha value is -6.70. The van der Waals surface area contributed by atoms with Crippen LogP contribution in [0.1, 0.15) is 25.0 Å². The summed E-state index contributed by atoms with van der Waals surface area (Å²) < 4.78 is 0. The highest BCUT2D eigenvalue weighted by atomic mass is 15.1. The fourth-order valence-corrected chi connectivity index (χ4v) is 8.76. The van der Waals surface area contributed by atoms with Gasteiger partial charge in [-0.1, -0.05) is 172 Å². The fourth-order valence-electron chi connectivity index (χ4n) is 8.76. The van der Waals surface area contributed by atoms with Gasteiger partial charge in [0.05, 0.1) is 0 Å². The normalized spacial score (nSPS) is 12.8. The maximum absolute atomic E-state index is 2.42. The third kappa shape index (κ3) is 5.24. The van der Waals surface area contributed by atoms with Crippen molar-refractivity contribution < 1.29 is 0 Å². The van der Waals surface area contributed by atoms with Crippen LogP contribution in [0.25, 0.3) is 66.1 Å². The highest BCUT2D eigenvalue weighted by Crippen LogP contribution is 2.51. The van der Waals surface area contributed by atoms with Gasteiger partial charge in [-0.15, -0.1) is 0 Å². The lowest BCUT2D eigenvalue weighted by Gasteiger charge is -2.28. The number of nitrogens with zero attached hydrogens (tertiary/aromatic N) is 1. The summed E-state index contributed by atoms with van der Waals surface area (Å²) >= 11 is 0. The molecule has 0 amide bonds. The van der Waals surface area contributed by atoms with Gasteiger partial charge in [0, 0.05) is 22.5 Å². The third-order valence-electron chi connectivity index (χ3n) is 11.5. The van der Waals surface area contributed by atoms with Gasteiger partial charge in [-0.2, -0.15) is 0 Å². The van der Waals surface area contributed by atoms with E-state index in [-0.39, 0.29) is 5.41 Å². The first-order valence-electron chi connectivity index (χ1n) is 18.8. The standard InChI is InChI=1S/C53H39N/c1-53(2)51-23-13-12-22-48(51)49-33-32-42(35-52(49)53)54(40-28-24-37(25-29-40)44-18-9-8-17-43(44)36-14-4-3-5-15-36)41-30-26-38(27-31-41)50-34-39-16-6-7-19-45(39)46-20-10-11-21-47(46)50/h3-35H,1-2H3. The Bertz CT molecular complexity index is 2830. The van der Waals surface area contributed by atoms with Crippen LogP contribution < -0.4 is 4.90 Å². The number of benzene rings is 9. The maximum atomic E-state index is 2.42. The van der Waals surface area contributed by atoms with Gasteiger partial charge in [-0.3, -0.25) is 0 Å². The number of hydrogen-bond acceptors (Lipinski definition) is 1. The highest BCUT2D eigenvalue weighted by molar-refractivity contribution is 6.13. The molecule has 0 spiro atoms. The lowest BCUT2D eigenvalue weighted by molar-refractivity contribution is 0.660. The Morgan fingerprint density at radius 2 is 0.796 bits per heavy atom. The molecule has 0 aliphatic heterocycles. The Morgan fingerprint density at radius 3 is 1.48 bits per heavy atom. The van der Waals surface area contributed by atoms with Crippen molar-refractivity contribution >= 4 is 38.6 Å². The van der Waals surface area contributed by atoms with Crippen molar-refractivity contribution in [1.29, 1.82) is 0 Å². The first kappa shape index (κ1) is 32.0. The molecule has 10 rings (SSSR count). The number of anilines is 3. The smallest absolute Gasteiger partial charge is 0.0465 e. The van der Waals surface area contributed by atoms with Crippen molar-refractivity contribution in [1.82, 2.24) is 0 Å². The lowest BCUT2D eigenvalue weighted by atomic mass is 9.82. The van der Waals surface area contributed by atoms with Crippen molar-refractivity contribution in [3.05, 3.63) is 211 Å². The molecule has 0 aromatic heterocycles. The van der Waals surface area contributed by atoms with Gasteiger partial charge in [0.2, 0.25) is 0 Å². The Kier molecular flexibility index (Phi) is 7.56.